The van der Waals surface area contributed by atoms with Gasteiger partial charge in [-0.05, 0) is 36.4 Å². The molecule has 2 aromatic carbocycles. The monoisotopic (exact) mass is 425 g/mol. The molecule has 0 unspecified atom stereocenters. The van der Waals surface area contributed by atoms with Gasteiger partial charge in [-0.15, -0.1) is 0 Å². The van der Waals surface area contributed by atoms with Gasteiger partial charge in [-0.25, -0.2) is 4.39 Å². The maximum atomic E-state index is 13.9. The van der Waals surface area contributed by atoms with Gasteiger partial charge in [0.25, 0.3) is 5.91 Å². The second kappa shape index (κ2) is 8.97. The van der Waals surface area contributed by atoms with Crippen molar-refractivity contribution in [3.05, 3.63) is 87.9 Å². The maximum absolute atomic E-state index is 13.9. The minimum absolute atomic E-state index is 0.121. The first-order valence-corrected chi connectivity index (χ1v) is 9.97. The minimum Gasteiger partial charge on any atom is -0.395 e. The normalized spacial score (nSPS) is 14.4. The standard InChI is InChI=1S/C22H21FN4O4/c23-19-4-2-1-3-16(19)15-25-11-13-26(14-12-25)18-7-5-17(6-8-18)24-22(28)20-9-10-21(31-20)27(29)30/h1-10H,11-15H2,(H,24,28)/p+1. The van der Waals surface area contributed by atoms with E-state index in [9.17, 15) is 19.3 Å². The number of piperazine rings is 1. The second-order valence-electron chi connectivity index (χ2n) is 7.40. The van der Waals surface area contributed by atoms with E-state index in [0.29, 0.717) is 12.2 Å². The number of amides is 1. The number of hydrogen-bond donors (Lipinski definition) is 2. The fraction of sp³-hybridized carbons (Fsp3) is 0.227. The van der Waals surface area contributed by atoms with Crippen LogP contribution in [0.25, 0.3) is 0 Å². The number of quaternary nitrogens is 1. The lowest BCUT2D eigenvalue weighted by Gasteiger charge is -2.33. The molecule has 1 amide bonds. The summed E-state index contributed by atoms with van der Waals surface area (Å²) >= 11 is 0. The lowest BCUT2D eigenvalue weighted by atomic mass is 10.1. The van der Waals surface area contributed by atoms with E-state index >= 15 is 0 Å². The van der Waals surface area contributed by atoms with Crippen molar-refractivity contribution in [2.75, 3.05) is 36.4 Å². The van der Waals surface area contributed by atoms with Crippen LogP contribution in [0.15, 0.2) is 65.1 Å². The van der Waals surface area contributed by atoms with Gasteiger partial charge >= 0.3 is 5.88 Å². The summed E-state index contributed by atoms with van der Waals surface area (Å²) in [6.45, 7) is 4.20. The number of carbonyl (C=O) groups excluding carboxylic acids is 1. The Morgan fingerprint density at radius 3 is 2.45 bits per heavy atom. The predicted molar refractivity (Wildman–Crippen MR) is 113 cm³/mol. The fourth-order valence-corrected chi connectivity index (χ4v) is 3.67. The molecule has 4 rings (SSSR count). The number of anilines is 2. The number of benzene rings is 2. The SMILES string of the molecule is O=C(Nc1ccc(N2CC[NH+](Cc3ccccc3F)CC2)cc1)c1ccc([N+](=O)[O-])o1. The van der Waals surface area contributed by atoms with Gasteiger partial charge in [0.05, 0.1) is 32.2 Å². The highest BCUT2D eigenvalue weighted by atomic mass is 19.1. The minimum atomic E-state index is -0.691. The lowest BCUT2D eigenvalue weighted by molar-refractivity contribution is -0.914. The summed E-state index contributed by atoms with van der Waals surface area (Å²) in [7, 11) is 0. The number of rotatable bonds is 6. The summed E-state index contributed by atoms with van der Waals surface area (Å²) in [6, 6.07) is 16.7. The molecule has 0 aliphatic carbocycles. The van der Waals surface area contributed by atoms with E-state index in [0.717, 1.165) is 43.5 Å². The van der Waals surface area contributed by atoms with E-state index in [2.05, 4.69) is 10.2 Å². The van der Waals surface area contributed by atoms with Crippen LogP contribution in [0.2, 0.25) is 0 Å². The van der Waals surface area contributed by atoms with Gasteiger partial charge in [-0.3, -0.25) is 14.9 Å². The van der Waals surface area contributed by atoms with Crippen LogP contribution in [0.5, 0.6) is 0 Å². The Bertz CT molecular complexity index is 1080. The van der Waals surface area contributed by atoms with E-state index in [1.165, 1.54) is 17.0 Å². The molecule has 0 bridgehead atoms. The van der Waals surface area contributed by atoms with Crippen LogP contribution >= 0.6 is 0 Å². The Hall–Kier alpha value is -3.72. The van der Waals surface area contributed by atoms with Crippen LogP contribution < -0.4 is 15.1 Å². The third kappa shape index (κ3) is 4.89. The van der Waals surface area contributed by atoms with Crippen molar-refractivity contribution in [3.8, 4) is 0 Å². The summed E-state index contributed by atoms with van der Waals surface area (Å²) in [6.07, 6.45) is 0. The molecule has 8 nitrogen and oxygen atoms in total. The Morgan fingerprint density at radius 2 is 1.81 bits per heavy atom. The van der Waals surface area contributed by atoms with E-state index in [1.54, 1.807) is 18.2 Å². The summed E-state index contributed by atoms with van der Waals surface area (Å²) in [4.78, 5) is 25.8. The third-order valence-electron chi connectivity index (χ3n) is 5.35. The van der Waals surface area contributed by atoms with Crippen molar-refractivity contribution in [1.82, 2.24) is 0 Å². The summed E-state index contributed by atoms with van der Waals surface area (Å²) < 4.78 is 18.8. The van der Waals surface area contributed by atoms with Crippen LogP contribution in [-0.2, 0) is 6.54 Å². The fourth-order valence-electron chi connectivity index (χ4n) is 3.67. The molecule has 9 heteroatoms. The van der Waals surface area contributed by atoms with Crippen LogP contribution in [0.4, 0.5) is 21.6 Å². The number of nitro groups is 1. The van der Waals surface area contributed by atoms with Crippen LogP contribution in [0.3, 0.4) is 0 Å². The van der Waals surface area contributed by atoms with E-state index in [-0.39, 0.29) is 11.6 Å². The molecular formula is C22H22FN4O4+. The highest BCUT2D eigenvalue weighted by Crippen LogP contribution is 2.20. The first-order valence-electron chi connectivity index (χ1n) is 9.97. The largest absolute Gasteiger partial charge is 0.433 e. The molecule has 0 atom stereocenters. The zero-order valence-corrected chi connectivity index (χ0v) is 16.7. The molecule has 1 aliphatic heterocycles. The molecule has 0 spiro atoms. The Balaban J connectivity index is 1.31. The quantitative estimate of drug-likeness (QED) is 0.468. The van der Waals surface area contributed by atoms with Crippen molar-refractivity contribution < 1.29 is 23.4 Å². The smallest absolute Gasteiger partial charge is 0.395 e. The van der Waals surface area contributed by atoms with Crippen LogP contribution in [0, 0.1) is 15.9 Å². The van der Waals surface area contributed by atoms with Crippen molar-refractivity contribution in [3.63, 3.8) is 0 Å². The lowest BCUT2D eigenvalue weighted by Crippen LogP contribution is -3.13. The van der Waals surface area contributed by atoms with Crippen molar-refractivity contribution in [2.24, 2.45) is 0 Å². The number of nitrogens with zero attached hydrogens (tertiary/aromatic N) is 2. The molecule has 0 radical (unpaired) electrons. The Kier molecular flexibility index (Phi) is 5.94. The Labute approximate surface area is 178 Å². The van der Waals surface area contributed by atoms with Crippen molar-refractivity contribution in [2.45, 2.75) is 6.54 Å². The Morgan fingerprint density at radius 1 is 1.10 bits per heavy atom. The number of nitrogens with one attached hydrogen (secondary N) is 2. The molecule has 1 fully saturated rings. The first-order chi connectivity index (χ1) is 15.0. The van der Waals surface area contributed by atoms with E-state index in [4.69, 9.17) is 4.42 Å². The zero-order valence-electron chi connectivity index (χ0n) is 16.7. The topological polar surface area (TPSA) is 93.1 Å². The number of hydrogen-bond acceptors (Lipinski definition) is 5. The molecule has 1 aliphatic rings. The van der Waals surface area contributed by atoms with Gasteiger partial charge in [-0.1, -0.05) is 18.2 Å². The van der Waals surface area contributed by atoms with E-state index < -0.39 is 16.7 Å². The molecule has 2 heterocycles. The van der Waals surface area contributed by atoms with Gasteiger partial charge in [0.2, 0.25) is 0 Å². The van der Waals surface area contributed by atoms with Crippen molar-refractivity contribution in [1.29, 1.82) is 0 Å². The van der Waals surface area contributed by atoms with Gasteiger partial charge in [0.15, 0.2) is 5.76 Å². The van der Waals surface area contributed by atoms with E-state index in [1.807, 2.05) is 24.3 Å². The first kappa shape index (κ1) is 20.5. The second-order valence-corrected chi connectivity index (χ2v) is 7.40. The number of furan rings is 1. The average Bonchev–Trinajstić information content (AvgIpc) is 3.28. The summed E-state index contributed by atoms with van der Waals surface area (Å²) in [5.41, 5.74) is 2.35. The molecule has 1 saturated heterocycles. The zero-order chi connectivity index (χ0) is 21.8. The molecule has 0 saturated carbocycles. The molecule has 3 aromatic rings. The summed E-state index contributed by atoms with van der Waals surface area (Å²) in [5, 5.41) is 13.3. The molecule has 1 aromatic heterocycles. The maximum Gasteiger partial charge on any atom is 0.433 e. The number of halogens is 1. The van der Waals surface area contributed by atoms with Gasteiger partial charge in [0.1, 0.15) is 17.3 Å². The molecule has 31 heavy (non-hydrogen) atoms. The predicted octanol–water partition coefficient (Wildman–Crippen LogP) is 2.48. The highest BCUT2D eigenvalue weighted by Gasteiger charge is 2.22. The van der Waals surface area contributed by atoms with Gasteiger partial charge < -0.3 is 19.5 Å². The van der Waals surface area contributed by atoms with Crippen LogP contribution in [0.1, 0.15) is 16.1 Å². The average molecular weight is 425 g/mol. The van der Waals surface area contributed by atoms with Crippen molar-refractivity contribution >= 4 is 23.2 Å². The van der Waals surface area contributed by atoms with Gasteiger partial charge in [0, 0.05) is 16.9 Å². The number of carbonyl (C=O) groups is 1. The summed E-state index contributed by atoms with van der Waals surface area (Å²) in [5.74, 6) is -1.30. The molecule has 160 valence electrons. The highest BCUT2D eigenvalue weighted by molar-refractivity contribution is 6.02. The molecular weight excluding hydrogens is 403 g/mol. The molecule has 2 N–H and O–H groups in total. The van der Waals surface area contributed by atoms with Gasteiger partial charge in [-0.2, -0.15) is 0 Å². The third-order valence-corrected chi connectivity index (χ3v) is 5.35. The van der Waals surface area contributed by atoms with Crippen LogP contribution in [-0.4, -0.2) is 37.0 Å².